The molecule has 0 saturated heterocycles. The van der Waals surface area contributed by atoms with Crippen LogP contribution in [0.5, 0.6) is 0 Å². The summed E-state index contributed by atoms with van der Waals surface area (Å²) in [5.41, 5.74) is 5.07. The summed E-state index contributed by atoms with van der Waals surface area (Å²) in [4.78, 5) is 30.2. The molecule has 0 aromatic rings. The van der Waals surface area contributed by atoms with Crippen LogP contribution in [0.25, 0.3) is 0 Å². The Morgan fingerprint density at radius 1 is 1.57 bits per heavy atom. The Morgan fingerprint density at radius 2 is 2.24 bits per heavy atom. The van der Waals surface area contributed by atoms with Crippen molar-refractivity contribution in [3.05, 3.63) is 0 Å². The van der Waals surface area contributed by atoms with Gasteiger partial charge in [-0.05, 0) is 13.3 Å². The van der Waals surface area contributed by atoms with E-state index in [0.29, 0.717) is 12.3 Å². The molecule has 0 spiro atoms. The second-order valence-electron chi connectivity index (χ2n) is 4.64. The molecule has 9 heteroatoms. The fraction of sp³-hybridized carbons (Fsp3) is 0.667. The Labute approximate surface area is 126 Å². The van der Waals surface area contributed by atoms with Gasteiger partial charge in [-0.15, -0.1) is 11.8 Å². The number of nitrogens with zero attached hydrogens (tertiary/aromatic N) is 2. The van der Waals surface area contributed by atoms with Crippen LogP contribution in [0, 0.1) is 5.92 Å². The smallest absolute Gasteiger partial charge is 0.350 e. The first-order chi connectivity index (χ1) is 9.88. The zero-order valence-corrected chi connectivity index (χ0v) is 12.4. The highest BCUT2D eigenvalue weighted by molar-refractivity contribution is 8.00. The van der Waals surface area contributed by atoms with Crippen molar-refractivity contribution in [2.45, 2.75) is 30.7 Å². The summed E-state index contributed by atoms with van der Waals surface area (Å²) in [5, 5.41) is 27.5. The number of aliphatic imine (C=N–C) groups is 2. The second-order valence-corrected chi connectivity index (χ2v) is 5.95. The van der Waals surface area contributed by atoms with Crippen LogP contribution in [-0.4, -0.2) is 69.0 Å². The van der Waals surface area contributed by atoms with E-state index < -0.39 is 35.3 Å². The van der Waals surface area contributed by atoms with Crippen molar-refractivity contribution < 1.29 is 24.9 Å². The second kappa shape index (κ2) is 7.99. The number of aliphatic hydroxyl groups excluding tert-OH is 1. The molecule has 21 heavy (non-hydrogen) atoms. The Morgan fingerprint density at radius 3 is 2.71 bits per heavy atom. The van der Waals surface area contributed by atoms with Gasteiger partial charge < -0.3 is 21.1 Å². The lowest BCUT2D eigenvalue weighted by molar-refractivity contribution is -0.146. The third kappa shape index (κ3) is 4.71. The summed E-state index contributed by atoms with van der Waals surface area (Å²) in [6, 6.07) is -0.732. The SMILES string of the molecule is C[C@@H](O)[C@@H](C(=O)O)[C@H]1C[C@H](SCCN=CN)C(C(=O)O)=N1. The molecule has 0 radical (unpaired) electrons. The lowest BCUT2D eigenvalue weighted by Gasteiger charge is -2.20. The zero-order chi connectivity index (χ0) is 16.0. The van der Waals surface area contributed by atoms with E-state index in [1.54, 1.807) is 0 Å². The largest absolute Gasteiger partial charge is 0.481 e. The highest BCUT2D eigenvalue weighted by Gasteiger charge is 2.41. The van der Waals surface area contributed by atoms with Crippen molar-refractivity contribution in [3.8, 4) is 0 Å². The number of nitrogens with two attached hydrogens (primary N) is 1. The number of rotatable bonds is 8. The lowest BCUT2D eigenvalue weighted by Crippen LogP contribution is -2.35. The summed E-state index contributed by atoms with van der Waals surface area (Å²) in [6.45, 7) is 1.82. The zero-order valence-electron chi connectivity index (χ0n) is 11.5. The molecule has 0 aromatic heterocycles. The Balaban J connectivity index is 2.79. The maximum Gasteiger partial charge on any atom is 0.350 e. The van der Waals surface area contributed by atoms with Crippen molar-refractivity contribution in [1.29, 1.82) is 0 Å². The number of hydrogen-bond acceptors (Lipinski definition) is 6. The van der Waals surface area contributed by atoms with E-state index in [9.17, 15) is 14.7 Å². The number of carboxylic acids is 2. The standard InChI is InChI=1S/C12H19N3O5S/c1-6(16)9(11(17)18)7-4-8(10(15-7)12(19)20)21-3-2-14-5-13/h5-9,16H,2-4H2,1H3,(H2,13,14)(H,17,18)(H,19,20)/t6-,7-,8+,9-/m1/s1. The molecule has 4 atom stereocenters. The summed E-state index contributed by atoms with van der Waals surface area (Å²) < 4.78 is 0. The summed E-state index contributed by atoms with van der Waals surface area (Å²) >= 11 is 1.35. The van der Waals surface area contributed by atoms with Gasteiger partial charge in [0.15, 0.2) is 0 Å². The average Bonchev–Trinajstić information content (AvgIpc) is 2.77. The quantitative estimate of drug-likeness (QED) is 0.267. The van der Waals surface area contributed by atoms with Crippen LogP contribution in [0.4, 0.5) is 0 Å². The predicted octanol–water partition coefficient (Wildman–Crippen LogP) is -0.545. The van der Waals surface area contributed by atoms with Crippen LogP contribution < -0.4 is 5.73 Å². The van der Waals surface area contributed by atoms with Crippen molar-refractivity contribution in [2.24, 2.45) is 21.6 Å². The highest BCUT2D eigenvalue weighted by atomic mass is 32.2. The number of thioether (sulfide) groups is 1. The van der Waals surface area contributed by atoms with E-state index >= 15 is 0 Å². The van der Waals surface area contributed by atoms with Gasteiger partial charge in [0.1, 0.15) is 11.6 Å². The van der Waals surface area contributed by atoms with Gasteiger partial charge in [0.2, 0.25) is 0 Å². The van der Waals surface area contributed by atoms with Crippen molar-refractivity contribution in [1.82, 2.24) is 0 Å². The first-order valence-corrected chi connectivity index (χ1v) is 7.46. The monoisotopic (exact) mass is 317 g/mol. The van der Waals surface area contributed by atoms with Crippen molar-refractivity contribution >= 4 is 35.8 Å². The van der Waals surface area contributed by atoms with E-state index in [1.807, 2.05) is 0 Å². The van der Waals surface area contributed by atoms with Gasteiger partial charge in [-0.2, -0.15) is 0 Å². The molecule has 0 saturated carbocycles. The van der Waals surface area contributed by atoms with Gasteiger partial charge in [0.05, 0.1) is 23.7 Å². The van der Waals surface area contributed by atoms with Gasteiger partial charge in [0.25, 0.3) is 0 Å². The molecule has 0 aliphatic carbocycles. The molecule has 0 unspecified atom stereocenters. The minimum atomic E-state index is -1.18. The molecule has 1 rings (SSSR count). The molecule has 5 N–H and O–H groups in total. The minimum Gasteiger partial charge on any atom is -0.481 e. The molecule has 118 valence electrons. The topological polar surface area (TPSA) is 146 Å². The molecule has 0 amide bonds. The molecule has 0 bridgehead atoms. The maximum atomic E-state index is 11.2. The van der Waals surface area contributed by atoms with Gasteiger partial charge in [-0.3, -0.25) is 14.8 Å². The normalized spacial score (nSPS) is 24.8. The summed E-state index contributed by atoms with van der Waals surface area (Å²) in [5.74, 6) is -2.88. The van der Waals surface area contributed by atoms with E-state index in [-0.39, 0.29) is 12.1 Å². The molecular weight excluding hydrogens is 298 g/mol. The van der Waals surface area contributed by atoms with Crippen LogP contribution in [0.2, 0.25) is 0 Å². The third-order valence-corrected chi connectivity index (χ3v) is 4.39. The van der Waals surface area contributed by atoms with Crippen LogP contribution in [0.3, 0.4) is 0 Å². The first kappa shape index (κ1) is 17.4. The lowest BCUT2D eigenvalue weighted by atomic mass is 9.93. The fourth-order valence-electron chi connectivity index (χ4n) is 2.23. The maximum absolute atomic E-state index is 11.2. The van der Waals surface area contributed by atoms with Crippen molar-refractivity contribution in [3.63, 3.8) is 0 Å². The Hall–Kier alpha value is -1.61. The summed E-state index contributed by atoms with van der Waals surface area (Å²) in [6.07, 6.45) is 0.357. The number of aliphatic hydroxyl groups is 1. The molecule has 1 heterocycles. The molecule has 1 aliphatic rings. The van der Waals surface area contributed by atoms with Gasteiger partial charge in [-0.1, -0.05) is 0 Å². The molecule has 8 nitrogen and oxygen atoms in total. The van der Waals surface area contributed by atoms with Gasteiger partial charge in [0, 0.05) is 12.3 Å². The highest BCUT2D eigenvalue weighted by Crippen LogP contribution is 2.31. The van der Waals surface area contributed by atoms with Crippen molar-refractivity contribution in [2.75, 3.05) is 12.3 Å². The molecule has 0 aromatic carbocycles. The molecule has 1 aliphatic heterocycles. The van der Waals surface area contributed by atoms with Gasteiger partial charge in [-0.25, -0.2) is 4.79 Å². The molecular formula is C12H19N3O5S. The third-order valence-electron chi connectivity index (χ3n) is 3.15. The number of hydrogen-bond donors (Lipinski definition) is 4. The van der Waals surface area contributed by atoms with E-state index in [1.165, 1.54) is 25.0 Å². The molecule has 0 fully saturated rings. The first-order valence-electron chi connectivity index (χ1n) is 6.42. The van der Waals surface area contributed by atoms with Crippen LogP contribution in [0.1, 0.15) is 13.3 Å². The van der Waals surface area contributed by atoms with E-state index in [0.717, 1.165) is 0 Å². The number of carboxylic acid groups (broad SMARTS) is 2. The Bertz CT molecular complexity index is 452. The van der Waals surface area contributed by atoms with Crippen LogP contribution >= 0.6 is 11.8 Å². The predicted molar refractivity (Wildman–Crippen MR) is 80.1 cm³/mol. The minimum absolute atomic E-state index is 0.0476. The van der Waals surface area contributed by atoms with E-state index in [2.05, 4.69) is 9.98 Å². The Kier molecular flexibility index (Phi) is 6.63. The van der Waals surface area contributed by atoms with Gasteiger partial charge >= 0.3 is 11.9 Å². The number of aliphatic carboxylic acids is 2. The fourth-order valence-corrected chi connectivity index (χ4v) is 3.38. The average molecular weight is 317 g/mol. The summed E-state index contributed by atoms with van der Waals surface area (Å²) in [7, 11) is 0. The van der Waals surface area contributed by atoms with Crippen LogP contribution in [0.15, 0.2) is 9.98 Å². The van der Waals surface area contributed by atoms with E-state index in [4.69, 9.17) is 15.9 Å². The number of carbonyl (C=O) groups is 2. The van der Waals surface area contributed by atoms with Crippen LogP contribution in [-0.2, 0) is 9.59 Å².